The Morgan fingerprint density at radius 1 is 1.04 bits per heavy atom. The number of carbonyl (C=O) groups excluding carboxylic acids is 2. The Morgan fingerprint density at radius 3 is 2.40 bits per heavy atom. The van der Waals surface area contributed by atoms with E-state index in [1.807, 2.05) is 24.3 Å². The summed E-state index contributed by atoms with van der Waals surface area (Å²) < 4.78 is 10.5. The first-order chi connectivity index (χ1) is 12.0. The van der Waals surface area contributed by atoms with Crippen LogP contribution in [-0.4, -0.2) is 38.0 Å². The largest absolute Gasteiger partial charge is 0.497 e. The van der Waals surface area contributed by atoms with Crippen molar-refractivity contribution in [3.63, 3.8) is 0 Å². The summed E-state index contributed by atoms with van der Waals surface area (Å²) in [5, 5.41) is 0. The molecule has 1 amide bonds. The molecule has 0 saturated heterocycles. The Balaban J connectivity index is 2.13. The zero-order valence-electron chi connectivity index (χ0n) is 14.5. The standard InChI is InChI=1S/C20H21NO4/c1-21(2)20(23)19(16-9-5-4-6-10-16)25-18(22)13-12-15-8-7-11-17(14-15)24-3/h4-14,19H,1-3H3/b13-12+/t19-/m0/s1. The van der Waals surface area contributed by atoms with Crippen molar-refractivity contribution < 1.29 is 19.1 Å². The maximum atomic E-state index is 12.3. The summed E-state index contributed by atoms with van der Waals surface area (Å²) in [6, 6.07) is 16.2. The van der Waals surface area contributed by atoms with E-state index in [9.17, 15) is 9.59 Å². The number of ether oxygens (including phenoxy) is 2. The molecule has 0 heterocycles. The lowest BCUT2D eigenvalue weighted by Crippen LogP contribution is -2.30. The molecule has 0 N–H and O–H groups in total. The Morgan fingerprint density at radius 2 is 1.76 bits per heavy atom. The summed E-state index contributed by atoms with van der Waals surface area (Å²) in [6.45, 7) is 0. The molecule has 0 aliphatic carbocycles. The molecule has 5 nitrogen and oxygen atoms in total. The molecule has 0 aliphatic heterocycles. The van der Waals surface area contributed by atoms with E-state index in [0.717, 1.165) is 5.56 Å². The predicted molar refractivity (Wildman–Crippen MR) is 96.0 cm³/mol. The summed E-state index contributed by atoms with van der Waals surface area (Å²) in [5.41, 5.74) is 1.43. The fraction of sp³-hybridized carbons (Fsp3) is 0.200. The predicted octanol–water partition coefficient (Wildman–Crippen LogP) is 3.08. The molecule has 0 radical (unpaired) electrons. The van der Waals surface area contributed by atoms with Gasteiger partial charge in [-0.25, -0.2) is 4.79 Å². The highest BCUT2D eigenvalue weighted by molar-refractivity contribution is 5.90. The lowest BCUT2D eigenvalue weighted by molar-refractivity contribution is -0.155. The number of nitrogens with zero attached hydrogens (tertiary/aromatic N) is 1. The monoisotopic (exact) mass is 339 g/mol. The fourth-order valence-corrected chi connectivity index (χ4v) is 2.19. The van der Waals surface area contributed by atoms with Crippen molar-refractivity contribution in [3.8, 4) is 5.75 Å². The number of methoxy groups -OCH3 is 1. The third kappa shape index (κ3) is 5.21. The van der Waals surface area contributed by atoms with Crippen LogP contribution in [0.15, 0.2) is 60.7 Å². The number of likely N-dealkylation sites (N-methyl/N-ethyl adjacent to an activating group) is 1. The number of amides is 1. The summed E-state index contributed by atoms with van der Waals surface area (Å²) in [4.78, 5) is 25.9. The maximum Gasteiger partial charge on any atom is 0.331 e. The molecule has 0 saturated carbocycles. The van der Waals surface area contributed by atoms with Gasteiger partial charge < -0.3 is 14.4 Å². The van der Waals surface area contributed by atoms with Gasteiger partial charge in [-0.05, 0) is 23.8 Å². The number of carbonyl (C=O) groups is 2. The highest BCUT2D eigenvalue weighted by atomic mass is 16.5. The van der Waals surface area contributed by atoms with Crippen LogP contribution in [-0.2, 0) is 14.3 Å². The third-order valence-electron chi connectivity index (χ3n) is 3.51. The van der Waals surface area contributed by atoms with E-state index in [1.54, 1.807) is 57.6 Å². The smallest absolute Gasteiger partial charge is 0.331 e. The first-order valence-electron chi connectivity index (χ1n) is 7.80. The molecule has 2 aromatic carbocycles. The van der Waals surface area contributed by atoms with Gasteiger partial charge in [-0.3, -0.25) is 4.79 Å². The van der Waals surface area contributed by atoms with E-state index < -0.39 is 12.1 Å². The first kappa shape index (κ1) is 18.3. The van der Waals surface area contributed by atoms with Gasteiger partial charge in [-0.1, -0.05) is 42.5 Å². The van der Waals surface area contributed by atoms with Crippen molar-refractivity contribution in [1.29, 1.82) is 0 Å². The van der Waals surface area contributed by atoms with Crippen molar-refractivity contribution in [1.82, 2.24) is 4.90 Å². The summed E-state index contributed by atoms with van der Waals surface area (Å²) in [5.74, 6) is -0.193. The molecule has 2 aromatic rings. The highest BCUT2D eigenvalue weighted by Crippen LogP contribution is 2.20. The molecule has 25 heavy (non-hydrogen) atoms. The summed E-state index contributed by atoms with van der Waals surface area (Å²) in [6.07, 6.45) is 1.94. The molecular weight excluding hydrogens is 318 g/mol. The molecule has 0 bridgehead atoms. The molecule has 0 unspecified atom stereocenters. The normalized spacial score (nSPS) is 11.8. The number of benzene rings is 2. The Labute approximate surface area is 147 Å². The van der Waals surface area contributed by atoms with Crippen LogP contribution < -0.4 is 4.74 Å². The topological polar surface area (TPSA) is 55.8 Å². The van der Waals surface area contributed by atoms with Crippen LogP contribution in [0.25, 0.3) is 6.08 Å². The van der Waals surface area contributed by atoms with Crippen LogP contribution in [0.2, 0.25) is 0 Å². The lowest BCUT2D eigenvalue weighted by atomic mass is 10.1. The van der Waals surface area contributed by atoms with Gasteiger partial charge in [-0.15, -0.1) is 0 Å². The van der Waals surface area contributed by atoms with Crippen LogP contribution in [0.5, 0.6) is 5.75 Å². The molecule has 2 rings (SSSR count). The van der Waals surface area contributed by atoms with Crippen molar-refractivity contribution in [2.75, 3.05) is 21.2 Å². The molecule has 0 aliphatic rings. The minimum Gasteiger partial charge on any atom is -0.497 e. The molecular formula is C20H21NO4. The van der Waals surface area contributed by atoms with Crippen molar-refractivity contribution >= 4 is 18.0 Å². The van der Waals surface area contributed by atoms with Gasteiger partial charge in [0.05, 0.1) is 7.11 Å². The average Bonchev–Trinajstić information content (AvgIpc) is 2.64. The molecule has 0 spiro atoms. The highest BCUT2D eigenvalue weighted by Gasteiger charge is 2.25. The minimum atomic E-state index is -0.973. The Hall–Kier alpha value is -3.08. The van der Waals surface area contributed by atoms with Crippen LogP contribution in [0.4, 0.5) is 0 Å². The molecule has 5 heteroatoms. The SMILES string of the molecule is COc1cccc(/C=C/C(=O)O[C@H](C(=O)N(C)C)c2ccccc2)c1. The second kappa shape index (κ2) is 8.68. The van der Waals surface area contributed by atoms with Gasteiger partial charge >= 0.3 is 5.97 Å². The zero-order valence-corrected chi connectivity index (χ0v) is 14.5. The van der Waals surface area contributed by atoms with Crippen molar-refractivity contribution in [3.05, 3.63) is 71.8 Å². The number of hydrogen-bond acceptors (Lipinski definition) is 4. The van der Waals surface area contributed by atoms with Gasteiger partial charge in [0.15, 0.2) is 0 Å². The maximum absolute atomic E-state index is 12.3. The number of hydrogen-bond donors (Lipinski definition) is 0. The van der Waals surface area contributed by atoms with E-state index >= 15 is 0 Å². The lowest BCUT2D eigenvalue weighted by Gasteiger charge is -2.20. The number of rotatable bonds is 6. The molecule has 130 valence electrons. The molecule has 0 fully saturated rings. The van der Waals surface area contributed by atoms with Crippen molar-refractivity contribution in [2.45, 2.75) is 6.10 Å². The van der Waals surface area contributed by atoms with E-state index in [4.69, 9.17) is 9.47 Å². The minimum absolute atomic E-state index is 0.297. The third-order valence-corrected chi connectivity index (χ3v) is 3.51. The van der Waals surface area contributed by atoms with Crippen LogP contribution in [0.3, 0.4) is 0 Å². The van der Waals surface area contributed by atoms with Crippen LogP contribution >= 0.6 is 0 Å². The molecule has 1 atom stereocenters. The zero-order chi connectivity index (χ0) is 18.2. The van der Waals surface area contributed by atoms with Crippen LogP contribution in [0.1, 0.15) is 17.2 Å². The molecule has 0 aromatic heterocycles. The fourth-order valence-electron chi connectivity index (χ4n) is 2.19. The van der Waals surface area contributed by atoms with Gasteiger partial charge in [0, 0.05) is 25.7 Å². The van der Waals surface area contributed by atoms with Gasteiger partial charge in [0.25, 0.3) is 5.91 Å². The van der Waals surface area contributed by atoms with Gasteiger partial charge in [0.2, 0.25) is 6.10 Å². The quantitative estimate of drug-likeness (QED) is 0.599. The second-order valence-corrected chi connectivity index (χ2v) is 5.57. The van der Waals surface area contributed by atoms with Crippen LogP contribution in [0, 0.1) is 0 Å². The Bertz CT molecular complexity index is 753. The van der Waals surface area contributed by atoms with Crippen molar-refractivity contribution in [2.24, 2.45) is 0 Å². The van der Waals surface area contributed by atoms with Gasteiger partial charge in [0.1, 0.15) is 5.75 Å². The second-order valence-electron chi connectivity index (χ2n) is 5.57. The first-order valence-corrected chi connectivity index (χ1v) is 7.80. The van der Waals surface area contributed by atoms with Gasteiger partial charge in [-0.2, -0.15) is 0 Å². The van der Waals surface area contributed by atoms with E-state index in [0.29, 0.717) is 11.3 Å². The van der Waals surface area contributed by atoms with E-state index in [1.165, 1.54) is 11.0 Å². The Kier molecular flexibility index (Phi) is 6.34. The summed E-state index contributed by atoms with van der Waals surface area (Å²) in [7, 11) is 4.82. The van der Waals surface area contributed by atoms with E-state index in [2.05, 4.69) is 0 Å². The number of esters is 1. The summed E-state index contributed by atoms with van der Waals surface area (Å²) >= 11 is 0. The average molecular weight is 339 g/mol. The van der Waals surface area contributed by atoms with E-state index in [-0.39, 0.29) is 5.91 Å².